The lowest BCUT2D eigenvalue weighted by Gasteiger charge is -2.23. The van der Waals surface area contributed by atoms with E-state index in [4.69, 9.17) is 28.4 Å². The van der Waals surface area contributed by atoms with Crippen molar-refractivity contribution in [1.82, 2.24) is 8.61 Å². The second-order valence-corrected chi connectivity index (χ2v) is 20.8. The largest absolute Gasteiger partial charge is 0.495 e. The Morgan fingerprint density at radius 2 is 0.809 bits per heavy atom. The number of hydrogen-bond donors (Lipinski definition) is 4. The minimum atomic E-state index is -5.04. The number of benzene rings is 4. The van der Waals surface area contributed by atoms with Crippen molar-refractivity contribution in [3.05, 3.63) is 95.1 Å². The number of hydrogen-bond acceptors (Lipinski definition) is 16. The van der Waals surface area contributed by atoms with Crippen LogP contribution in [-0.4, -0.2) is 158 Å². The maximum absolute atomic E-state index is 13.7. The molecule has 0 saturated heterocycles. The molecule has 0 saturated carbocycles. The van der Waals surface area contributed by atoms with Crippen LogP contribution in [0.15, 0.2) is 92.4 Å². The molecular weight excluding hydrogens is 977 g/mol. The van der Waals surface area contributed by atoms with Crippen LogP contribution in [0.2, 0.25) is 0 Å². The van der Waals surface area contributed by atoms with Gasteiger partial charge in [0.15, 0.2) is 0 Å². The van der Waals surface area contributed by atoms with E-state index in [-0.39, 0.29) is 108 Å². The number of ether oxygens (including phenoxy) is 6. The Balaban J connectivity index is 1.64. The summed E-state index contributed by atoms with van der Waals surface area (Å²) < 4.78 is 159. The van der Waals surface area contributed by atoms with Gasteiger partial charge >= 0.3 is 0 Å². The zero-order chi connectivity index (χ0) is 50.5. The van der Waals surface area contributed by atoms with Crippen LogP contribution < -0.4 is 20.1 Å². The molecule has 4 aromatic rings. The highest BCUT2D eigenvalue weighted by molar-refractivity contribution is 7.89. The Kier molecular flexibility index (Phi) is 19.7. The normalized spacial score (nSPS) is 12.4. The molecule has 68 heavy (non-hydrogen) atoms. The molecule has 0 aliphatic carbocycles. The summed E-state index contributed by atoms with van der Waals surface area (Å²) in [7, 11) is -10.5. The third-order valence-electron chi connectivity index (χ3n) is 9.81. The van der Waals surface area contributed by atoms with Gasteiger partial charge in [0.1, 0.15) is 31.1 Å². The van der Waals surface area contributed by atoms with Gasteiger partial charge in [-0.15, -0.1) is 0 Å². The number of sulfonamides is 2. The molecule has 0 aliphatic heterocycles. The Hall–Kier alpha value is -5.36. The summed E-state index contributed by atoms with van der Waals surface area (Å²) in [6, 6.07) is 13.9. The van der Waals surface area contributed by atoms with Crippen LogP contribution in [0.5, 0.6) is 11.5 Å². The van der Waals surface area contributed by atoms with Gasteiger partial charge in [0.25, 0.3) is 32.1 Å². The number of nitrogens with one attached hydrogen (secondary N) is 2. The van der Waals surface area contributed by atoms with Gasteiger partial charge in [0, 0.05) is 77.1 Å². The van der Waals surface area contributed by atoms with Crippen molar-refractivity contribution < 1.29 is 80.8 Å². The molecule has 0 bridgehead atoms. The summed E-state index contributed by atoms with van der Waals surface area (Å²) in [5.41, 5.74) is -1.06. The Morgan fingerprint density at radius 1 is 0.485 bits per heavy atom. The molecule has 4 aromatic carbocycles. The number of methoxy groups -OCH3 is 6. The molecule has 2 amide bonds. The van der Waals surface area contributed by atoms with Crippen molar-refractivity contribution in [2.45, 2.75) is 19.6 Å². The topological polar surface area (TPSA) is 297 Å². The fraction of sp³-hybridized carbons (Fsp3) is 0.333. The Labute approximate surface area is 395 Å². The molecule has 372 valence electrons. The SMILES string of the molecule is COCCN(CCOC)S(=O)(=O)c1cc(C(=O)Nc2ccc(C=Cc3ccc(NC(=O)c4ccc(OC)c(S(=O)(=O)N(CCOC)CCOC)c4)cc3S(=O)(=O)O)c(S(=O)(=O)O)c2)ccc1OC. The number of carbonyl (C=O) groups excluding carboxylic acids is 2. The third kappa shape index (κ3) is 14.1. The average Bonchev–Trinajstić information content (AvgIpc) is 3.30. The van der Waals surface area contributed by atoms with E-state index in [1.165, 1.54) is 91.2 Å². The van der Waals surface area contributed by atoms with E-state index in [1.807, 2.05) is 0 Å². The van der Waals surface area contributed by atoms with Crippen molar-refractivity contribution in [2.75, 3.05) is 106 Å². The quantitative estimate of drug-likeness (QED) is 0.0517. The van der Waals surface area contributed by atoms with Crippen LogP contribution in [0.25, 0.3) is 12.2 Å². The smallest absolute Gasteiger partial charge is 0.295 e. The second-order valence-electron chi connectivity index (χ2n) is 14.2. The standard InChI is InChI=1S/C42H52N4O18S4/c1-59-21-17-45(18-22-60-2)65(49,50)39-25-31(11-15-35(39)63-5)41(47)43-33-13-9-29(37(27-33)67(53,54)55)7-8-30-10-14-34(28-38(30)68(56,57)58)44-42(48)32-12-16-36(64-6)40(26-32)66(51,52)46(19-23-61-3)20-24-62-4/h7-16,25-28H,17-24H2,1-6H3,(H,43,47)(H,44,48)(H,53,54,55)(H,56,57,58). The summed E-state index contributed by atoms with van der Waals surface area (Å²) in [6.45, 7) is 0.0421. The molecule has 4 rings (SSSR count). The fourth-order valence-electron chi connectivity index (χ4n) is 6.33. The molecule has 26 heteroatoms. The highest BCUT2D eigenvalue weighted by Gasteiger charge is 2.31. The van der Waals surface area contributed by atoms with Gasteiger partial charge in [-0.05, 0) is 71.8 Å². The van der Waals surface area contributed by atoms with Crippen molar-refractivity contribution in [3.63, 3.8) is 0 Å². The molecule has 0 radical (unpaired) electrons. The van der Waals surface area contributed by atoms with Gasteiger partial charge in [0.05, 0.1) is 40.6 Å². The second kappa shape index (κ2) is 24.3. The van der Waals surface area contributed by atoms with Gasteiger partial charge in [-0.2, -0.15) is 25.4 Å². The van der Waals surface area contributed by atoms with Crippen LogP contribution in [0.4, 0.5) is 11.4 Å². The molecule has 4 N–H and O–H groups in total. The van der Waals surface area contributed by atoms with Crippen molar-refractivity contribution in [1.29, 1.82) is 0 Å². The third-order valence-corrected chi connectivity index (χ3v) is 15.5. The summed E-state index contributed by atoms with van der Waals surface area (Å²) in [5, 5.41) is 4.92. The van der Waals surface area contributed by atoms with Gasteiger partial charge in [0.2, 0.25) is 20.0 Å². The van der Waals surface area contributed by atoms with Gasteiger partial charge < -0.3 is 39.1 Å². The monoisotopic (exact) mass is 1030 g/mol. The van der Waals surface area contributed by atoms with Gasteiger partial charge in [-0.3, -0.25) is 18.7 Å². The first-order valence-electron chi connectivity index (χ1n) is 19.9. The predicted octanol–water partition coefficient (Wildman–Crippen LogP) is 3.44. The maximum Gasteiger partial charge on any atom is 0.295 e. The van der Waals surface area contributed by atoms with E-state index in [1.54, 1.807) is 0 Å². The lowest BCUT2D eigenvalue weighted by atomic mass is 10.1. The molecule has 0 atom stereocenters. The molecule has 0 fully saturated rings. The molecule has 22 nitrogen and oxygen atoms in total. The first-order valence-corrected chi connectivity index (χ1v) is 25.7. The summed E-state index contributed by atoms with van der Waals surface area (Å²) >= 11 is 0. The molecule has 0 aliphatic rings. The van der Waals surface area contributed by atoms with Crippen molar-refractivity contribution in [2.24, 2.45) is 0 Å². The summed E-state index contributed by atoms with van der Waals surface area (Å²) in [5.74, 6) is -1.89. The highest BCUT2D eigenvalue weighted by Crippen LogP contribution is 2.32. The Bertz CT molecular complexity index is 2720. The number of carbonyl (C=O) groups is 2. The lowest BCUT2D eigenvalue weighted by molar-refractivity contribution is 0.101. The number of rotatable bonds is 26. The van der Waals surface area contributed by atoms with Crippen LogP contribution in [0.1, 0.15) is 31.8 Å². The predicted molar refractivity (Wildman–Crippen MR) is 248 cm³/mol. The van der Waals surface area contributed by atoms with Crippen molar-refractivity contribution >= 4 is 75.6 Å². The highest BCUT2D eigenvalue weighted by atomic mass is 32.2. The number of nitrogens with zero attached hydrogens (tertiary/aromatic N) is 2. The van der Waals surface area contributed by atoms with Crippen LogP contribution >= 0.6 is 0 Å². The lowest BCUT2D eigenvalue weighted by Crippen LogP contribution is -2.36. The van der Waals surface area contributed by atoms with Crippen LogP contribution in [0, 0.1) is 0 Å². The van der Waals surface area contributed by atoms with E-state index in [0.29, 0.717) is 0 Å². The van der Waals surface area contributed by atoms with Gasteiger partial charge in [-0.25, -0.2) is 16.8 Å². The molecule has 0 aromatic heterocycles. The van der Waals surface area contributed by atoms with E-state index in [0.717, 1.165) is 45.0 Å². The van der Waals surface area contributed by atoms with E-state index in [9.17, 15) is 52.4 Å². The van der Waals surface area contributed by atoms with E-state index < -0.39 is 61.9 Å². The first kappa shape index (κ1) is 55.2. The molecule has 0 spiro atoms. The Morgan fingerprint density at radius 3 is 1.09 bits per heavy atom. The van der Waals surface area contributed by atoms with Crippen LogP contribution in [-0.2, 0) is 59.2 Å². The van der Waals surface area contributed by atoms with Gasteiger partial charge in [-0.1, -0.05) is 24.3 Å². The molecule has 0 heterocycles. The number of amides is 2. The summed E-state index contributed by atoms with van der Waals surface area (Å²) in [4.78, 5) is 24.8. The minimum absolute atomic E-state index is 0.0439. The minimum Gasteiger partial charge on any atom is -0.495 e. The first-order chi connectivity index (χ1) is 32.1. The molecule has 0 unspecified atom stereocenters. The molecular formula is C42H52N4O18S4. The van der Waals surface area contributed by atoms with E-state index >= 15 is 0 Å². The zero-order valence-corrected chi connectivity index (χ0v) is 41.0. The number of anilines is 2. The van der Waals surface area contributed by atoms with Crippen LogP contribution in [0.3, 0.4) is 0 Å². The summed E-state index contributed by atoms with van der Waals surface area (Å²) in [6.07, 6.45) is 2.19. The average molecular weight is 1030 g/mol. The fourth-order valence-corrected chi connectivity index (χ4v) is 10.9. The van der Waals surface area contributed by atoms with E-state index in [2.05, 4.69) is 10.6 Å². The maximum atomic E-state index is 13.7. The van der Waals surface area contributed by atoms with Crippen molar-refractivity contribution in [3.8, 4) is 11.5 Å². The zero-order valence-electron chi connectivity index (χ0n) is 37.7.